The summed E-state index contributed by atoms with van der Waals surface area (Å²) in [5.41, 5.74) is 0.460. The third-order valence-electron chi connectivity index (χ3n) is 11.5. The number of nitrogens with one attached hydrogen (secondary N) is 1. The molecule has 50 heavy (non-hydrogen) atoms. The van der Waals surface area contributed by atoms with Gasteiger partial charge in [0.1, 0.15) is 11.8 Å². The van der Waals surface area contributed by atoms with Crippen LogP contribution in [0.15, 0.2) is 47.6 Å². The normalized spacial score (nSPS) is 24.4. The van der Waals surface area contributed by atoms with Crippen molar-refractivity contribution in [1.82, 2.24) is 10.2 Å². The number of nitrogens with zero attached hydrogens (tertiary/aromatic N) is 2. The number of amides is 2. The molecule has 2 bridgehead atoms. The van der Waals surface area contributed by atoms with E-state index in [0.29, 0.717) is 30.7 Å². The smallest absolute Gasteiger partial charge is 0.453 e. The number of alkyl halides is 3. The predicted molar refractivity (Wildman–Crippen MR) is 182 cm³/mol. The lowest BCUT2D eigenvalue weighted by molar-refractivity contribution is -0.137. The van der Waals surface area contributed by atoms with Gasteiger partial charge in [-0.25, -0.2) is 4.79 Å². The number of allylic oxidation sites excluding steroid dienone is 1. The lowest BCUT2D eigenvalue weighted by Gasteiger charge is -2.38. The number of carbonyl (C=O) groups is 2. The van der Waals surface area contributed by atoms with Crippen molar-refractivity contribution in [1.29, 1.82) is 0 Å². The van der Waals surface area contributed by atoms with Gasteiger partial charge in [-0.3, -0.25) is 9.79 Å². The molecule has 9 nitrogen and oxygen atoms in total. The summed E-state index contributed by atoms with van der Waals surface area (Å²) < 4.78 is 73.1. The van der Waals surface area contributed by atoms with E-state index in [0.717, 1.165) is 78.5 Å². The number of aliphatic imine (C=N–C) groups is 1. The highest BCUT2D eigenvalue weighted by molar-refractivity contribution is 7.88. The van der Waals surface area contributed by atoms with Gasteiger partial charge in [-0.1, -0.05) is 57.0 Å². The van der Waals surface area contributed by atoms with Crippen LogP contribution in [-0.4, -0.2) is 61.8 Å². The average molecular weight is 714 g/mol. The van der Waals surface area contributed by atoms with Crippen molar-refractivity contribution in [3.63, 3.8) is 0 Å². The molecule has 2 aromatic rings. The summed E-state index contributed by atoms with van der Waals surface area (Å²) in [5, 5.41) is 2.73. The Bertz CT molecular complexity index is 1870. The van der Waals surface area contributed by atoms with Gasteiger partial charge in [0.15, 0.2) is 0 Å². The topological polar surface area (TPSA) is 114 Å². The minimum absolute atomic E-state index is 0.0968. The van der Waals surface area contributed by atoms with Crippen molar-refractivity contribution in [2.24, 2.45) is 22.2 Å². The number of benzene rings is 2. The number of piperidine rings is 1. The van der Waals surface area contributed by atoms with E-state index in [1.807, 2.05) is 49.2 Å². The molecule has 1 spiro atoms. The van der Waals surface area contributed by atoms with Gasteiger partial charge in [0.25, 0.3) is 0 Å². The van der Waals surface area contributed by atoms with Crippen LogP contribution in [0.5, 0.6) is 5.75 Å². The maximum Gasteiger partial charge on any atom is 0.534 e. The fourth-order valence-corrected chi connectivity index (χ4v) is 9.62. The molecule has 2 saturated carbocycles. The molecule has 2 aliphatic heterocycles. The Morgan fingerprint density at radius 2 is 1.68 bits per heavy atom. The highest BCUT2D eigenvalue weighted by Crippen LogP contribution is 2.53. The first-order chi connectivity index (χ1) is 23.7. The minimum Gasteiger partial charge on any atom is -0.453 e. The summed E-state index contributed by atoms with van der Waals surface area (Å²) in [4.78, 5) is 32.8. The minimum atomic E-state index is -5.80. The van der Waals surface area contributed by atoms with Crippen molar-refractivity contribution >= 4 is 33.4 Å². The number of hydrogen-bond donors (Lipinski definition) is 1. The molecule has 1 saturated heterocycles. The molecule has 2 amide bonds. The van der Waals surface area contributed by atoms with Crippen molar-refractivity contribution in [3.05, 3.63) is 59.3 Å². The van der Waals surface area contributed by atoms with Crippen LogP contribution in [0.4, 0.5) is 18.0 Å². The SMILES string of the molecule is COC(=O)N[C@H](C(=O)N1[C@@H]2CC[C@@H](C2)[C@H]1C1=NC=C(c2ccc(-c3ccc(OS(=O)(=O)C(F)(F)F)c4c3CC3(CCCC3)C4)cc2)C1)C(C)C. The summed E-state index contributed by atoms with van der Waals surface area (Å²) in [7, 11) is -4.51. The molecule has 1 N–H and O–H groups in total. The maximum atomic E-state index is 13.9. The van der Waals surface area contributed by atoms with E-state index in [-0.39, 0.29) is 35.1 Å². The highest BCUT2D eigenvalue weighted by Gasteiger charge is 2.52. The van der Waals surface area contributed by atoms with E-state index in [4.69, 9.17) is 13.9 Å². The van der Waals surface area contributed by atoms with Crippen LogP contribution in [-0.2, 0) is 32.5 Å². The molecule has 3 aliphatic carbocycles. The Morgan fingerprint density at radius 1 is 1.00 bits per heavy atom. The molecule has 0 unspecified atom stereocenters. The quantitative estimate of drug-likeness (QED) is 0.229. The van der Waals surface area contributed by atoms with Crippen molar-refractivity contribution in [3.8, 4) is 16.9 Å². The second-order valence-corrected chi connectivity index (χ2v) is 16.5. The molecule has 5 aliphatic rings. The first-order valence-corrected chi connectivity index (χ1v) is 18.8. The number of alkyl carbamates (subject to hydrolysis) is 1. The molecule has 2 aromatic carbocycles. The number of halogens is 3. The number of fused-ring (bicyclic) bond motifs is 3. The Labute approximate surface area is 290 Å². The molecule has 0 aromatic heterocycles. The van der Waals surface area contributed by atoms with Gasteiger partial charge in [0, 0.05) is 29.9 Å². The summed E-state index contributed by atoms with van der Waals surface area (Å²) in [6.07, 6.45) is 9.78. The number of carbonyl (C=O) groups excluding carboxylic acids is 2. The monoisotopic (exact) mass is 713 g/mol. The van der Waals surface area contributed by atoms with Crippen LogP contribution >= 0.6 is 0 Å². The molecule has 13 heteroatoms. The summed E-state index contributed by atoms with van der Waals surface area (Å²) in [5.74, 6) is -0.161. The van der Waals surface area contributed by atoms with Crippen LogP contribution < -0.4 is 9.50 Å². The number of rotatable bonds is 8. The molecular weight excluding hydrogens is 671 g/mol. The molecule has 268 valence electrons. The number of hydrogen-bond acceptors (Lipinski definition) is 7. The van der Waals surface area contributed by atoms with Gasteiger partial charge in [-0.2, -0.15) is 21.6 Å². The van der Waals surface area contributed by atoms with Gasteiger partial charge in [0.05, 0.1) is 13.2 Å². The largest absolute Gasteiger partial charge is 0.534 e. The van der Waals surface area contributed by atoms with E-state index in [2.05, 4.69) is 5.32 Å². The van der Waals surface area contributed by atoms with E-state index in [1.165, 1.54) is 13.2 Å². The van der Waals surface area contributed by atoms with Crippen LogP contribution in [0.3, 0.4) is 0 Å². The molecule has 3 fully saturated rings. The van der Waals surface area contributed by atoms with Crippen LogP contribution in [0.2, 0.25) is 0 Å². The van der Waals surface area contributed by atoms with E-state index >= 15 is 0 Å². The van der Waals surface area contributed by atoms with E-state index in [1.54, 1.807) is 6.07 Å². The van der Waals surface area contributed by atoms with Gasteiger partial charge in [-0.05, 0) is 96.1 Å². The number of likely N-dealkylation sites (tertiary alicyclic amines) is 1. The first-order valence-electron chi connectivity index (χ1n) is 17.4. The van der Waals surface area contributed by atoms with Crippen molar-refractivity contribution < 1.29 is 40.1 Å². The predicted octanol–water partition coefficient (Wildman–Crippen LogP) is 7.19. The zero-order valence-electron chi connectivity index (χ0n) is 28.4. The fourth-order valence-electron chi connectivity index (χ4n) is 9.14. The third-order valence-corrected chi connectivity index (χ3v) is 12.5. The summed E-state index contributed by atoms with van der Waals surface area (Å²) in [6, 6.07) is 10.3. The number of methoxy groups -OCH3 is 1. The molecule has 0 radical (unpaired) electrons. The molecule has 2 heterocycles. The van der Waals surface area contributed by atoms with E-state index < -0.39 is 27.8 Å². The summed E-state index contributed by atoms with van der Waals surface area (Å²) in [6.45, 7) is 3.81. The van der Waals surface area contributed by atoms with Crippen LogP contribution in [0.1, 0.15) is 81.9 Å². The summed E-state index contributed by atoms with van der Waals surface area (Å²) >= 11 is 0. The lowest BCUT2D eigenvalue weighted by atomic mass is 9.83. The third kappa shape index (κ3) is 6.09. The highest BCUT2D eigenvalue weighted by atomic mass is 32.2. The van der Waals surface area contributed by atoms with Gasteiger partial charge in [-0.15, -0.1) is 0 Å². The Balaban J connectivity index is 1.10. The number of ether oxygens (including phenoxy) is 1. The molecule has 7 rings (SSSR count). The fraction of sp³-hybridized carbons (Fsp3) is 0.541. The van der Waals surface area contributed by atoms with Crippen molar-refractivity contribution in [2.45, 2.75) is 102 Å². The Morgan fingerprint density at radius 3 is 2.34 bits per heavy atom. The zero-order chi connectivity index (χ0) is 35.6. The molecular formula is C37H42F3N3O6S. The van der Waals surface area contributed by atoms with Gasteiger partial charge in [0.2, 0.25) is 5.91 Å². The lowest BCUT2D eigenvalue weighted by Crippen LogP contribution is -2.57. The van der Waals surface area contributed by atoms with Crippen LogP contribution in [0.25, 0.3) is 16.7 Å². The zero-order valence-corrected chi connectivity index (χ0v) is 29.2. The van der Waals surface area contributed by atoms with Crippen LogP contribution in [0, 0.1) is 17.3 Å². The first kappa shape index (κ1) is 34.6. The maximum absolute atomic E-state index is 13.9. The molecule has 4 atom stereocenters. The second kappa shape index (κ2) is 12.7. The van der Waals surface area contributed by atoms with Crippen molar-refractivity contribution in [2.75, 3.05) is 7.11 Å². The Kier molecular flexibility index (Phi) is 8.79. The van der Waals surface area contributed by atoms with Gasteiger partial charge >= 0.3 is 21.7 Å². The second-order valence-electron chi connectivity index (χ2n) is 14.9. The van der Waals surface area contributed by atoms with E-state index in [9.17, 15) is 31.2 Å². The van der Waals surface area contributed by atoms with Gasteiger partial charge < -0.3 is 19.1 Å². The standard InChI is InChI=1S/C37H42F3N3O6S/c1-21(2)32(42-35(45)48-3)34(44)43-26-11-10-24(16-26)33(43)30-17-25(20-41-30)22-6-8-23(9-7-22)27-12-13-31(49-50(46,47)37(38,39)40)29-19-36(18-28(27)29)14-4-5-15-36/h6-9,12-13,20-21,24,26,32-33H,4-5,10-11,14-19H2,1-3H3,(H,42,45)/t24-,26+,32-,33-/m0/s1. The average Bonchev–Trinajstić information content (AvgIpc) is 3.92. The Hall–Kier alpha value is -3.87.